The van der Waals surface area contributed by atoms with Gasteiger partial charge in [0.2, 0.25) is 5.91 Å². The van der Waals surface area contributed by atoms with Gasteiger partial charge in [0.25, 0.3) is 0 Å². The van der Waals surface area contributed by atoms with Crippen LogP contribution in [0.5, 0.6) is 0 Å². The molecule has 0 radical (unpaired) electrons. The topological polar surface area (TPSA) is 102 Å². The number of carbonyl (C=O) groups excluding carboxylic acids is 2. The van der Waals surface area contributed by atoms with Crippen molar-refractivity contribution in [1.82, 2.24) is 0 Å². The van der Waals surface area contributed by atoms with Crippen molar-refractivity contribution < 1.29 is 29.0 Å². The summed E-state index contributed by atoms with van der Waals surface area (Å²) in [4.78, 5) is 38.6. The smallest absolute Gasteiger partial charge is 0.341 e. The predicted octanol–water partition coefficient (Wildman–Crippen LogP) is 3.26. The molecule has 2 N–H and O–H groups in total. The van der Waals surface area contributed by atoms with Crippen LogP contribution < -0.4 is 5.32 Å². The van der Waals surface area contributed by atoms with Crippen LogP contribution in [0.2, 0.25) is 0 Å². The molecule has 158 valence electrons. The minimum absolute atomic E-state index is 0.260. The third-order valence-electron chi connectivity index (χ3n) is 6.52. The second-order valence-electron chi connectivity index (χ2n) is 8.11. The zero-order valence-corrected chi connectivity index (χ0v) is 17.5. The number of ether oxygens (including phenoxy) is 2. The molecule has 2 aliphatic heterocycles. The van der Waals surface area contributed by atoms with Gasteiger partial charge in [-0.25, -0.2) is 4.79 Å². The van der Waals surface area contributed by atoms with Gasteiger partial charge in [-0.3, -0.25) is 9.59 Å². The van der Waals surface area contributed by atoms with Crippen molar-refractivity contribution in [3.63, 3.8) is 0 Å². The molecule has 2 fully saturated rings. The first kappa shape index (κ1) is 20.3. The Morgan fingerprint density at radius 2 is 1.90 bits per heavy atom. The molecule has 5 atom stereocenters. The van der Waals surface area contributed by atoms with E-state index in [4.69, 9.17) is 9.47 Å². The van der Waals surface area contributed by atoms with E-state index in [0.29, 0.717) is 29.3 Å². The lowest BCUT2D eigenvalue weighted by Gasteiger charge is -2.23. The number of aliphatic carboxylic acids is 1. The Bertz CT molecular complexity index is 833. The van der Waals surface area contributed by atoms with E-state index in [2.05, 4.69) is 12.2 Å². The first-order chi connectivity index (χ1) is 13.9. The Morgan fingerprint density at radius 1 is 1.17 bits per heavy atom. The SMILES string of the molecule is CCOC(=O)c1c(NC(=O)[C@@H]2[C@@H](C(=O)O)[C@H]3CC[C@@H]2O3)sc2c1CC[C@H](CC)C2. The number of nitrogens with one attached hydrogen (secondary N) is 1. The first-order valence-corrected chi connectivity index (χ1v) is 11.3. The maximum atomic E-state index is 13.1. The number of fused-ring (bicyclic) bond motifs is 3. The summed E-state index contributed by atoms with van der Waals surface area (Å²) in [5.41, 5.74) is 1.43. The molecule has 4 rings (SSSR count). The Kier molecular flexibility index (Phi) is 5.66. The van der Waals surface area contributed by atoms with E-state index in [1.807, 2.05) is 0 Å². The van der Waals surface area contributed by atoms with Gasteiger partial charge in [0.15, 0.2) is 0 Å². The van der Waals surface area contributed by atoms with Crippen LogP contribution in [0.1, 0.15) is 60.3 Å². The Hall–Kier alpha value is -1.93. The third-order valence-corrected chi connectivity index (χ3v) is 7.69. The van der Waals surface area contributed by atoms with Crippen LogP contribution >= 0.6 is 11.3 Å². The fourth-order valence-corrected chi connectivity index (χ4v) is 6.38. The van der Waals surface area contributed by atoms with Crippen LogP contribution in [0.4, 0.5) is 5.00 Å². The summed E-state index contributed by atoms with van der Waals surface area (Å²) in [6, 6.07) is 0. The Balaban J connectivity index is 1.62. The number of amides is 1. The Morgan fingerprint density at radius 3 is 2.55 bits per heavy atom. The fraction of sp³-hybridized carbons (Fsp3) is 0.667. The molecule has 0 unspecified atom stereocenters. The van der Waals surface area contributed by atoms with Gasteiger partial charge >= 0.3 is 11.9 Å². The zero-order valence-electron chi connectivity index (χ0n) is 16.7. The van der Waals surface area contributed by atoms with Gasteiger partial charge in [0.1, 0.15) is 5.00 Å². The summed E-state index contributed by atoms with van der Waals surface area (Å²) in [5, 5.41) is 13.0. The number of carbonyl (C=O) groups is 3. The second-order valence-corrected chi connectivity index (χ2v) is 9.22. The lowest BCUT2D eigenvalue weighted by Crippen LogP contribution is -2.41. The molecule has 0 aromatic carbocycles. The number of rotatable bonds is 6. The number of anilines is 1. The number of thiophene rings is 1. The molecule has 29 heavy (non-hydrogen) atoms. The molecule has 3 aliphatic rings. The number of carboxylic acid groups (broad SMARTS) is 1. The standard InChI is InChI=1S/C21H27NO6S/c1-3-10-5-6-11-14(9-10)29-19(15(11)21(26)27-4-2)22-18(23)16-12-7-8-13(28-12)17(16)20(24)25/h10,12-13,16-17H,3-9H2,1-2H3,(H,22,23)(H,24,25)/t10-,12-,13+,16-,17-/m0/s1. The third kappa shape index (κ3) is 3.57. The van der Waals surface area contributed by atoms with Crippen molar-refractivity contribution in [2.75, 3.05) is 11.9 Å². The normalized spacial score (nSPS) is 30.1. The van der Waals surface area contributed by atoms with Gasteiger partial charge < -0.3 is 19.9 Å². The lowest BCUT2D eigenvalue weighted by molar-refractivity contribution is -0.147. The molecular formula is C21H27NO6S. The van der Waals surface area contributed by atoms with Crippen LogP contribution in [-0.2, 0) is 31.9 Å². The van der Waals surface area contributed by atoms with E-state index in [9.17, 15) is 19.5 Å². The van der Waals surface area contributed by atoms with Gasteiger partial charge in [-0.2, -0.15) is 0 Å². The van der Waals surface area contributed by atoms with E-state index < -0.39 is 29.9 Å². The summed E-state index contributed by atoms with van der Waals surface area (Å²) in [5.74, 6) is -2.79. The molecule has 2 bridgehead atoms. The highest BCUT2D eigenvalue weighted by atomic mass is 32.1. The average Bonchev–Trinajstić information content (AvgIpc) is 3.39. The van der Waals surface area contributed by atoms with Crippen LogP contribution in [0.15, 0.2) is 0 Å². The molecule has 3 heterocycles. The van der Waals surface area contributed by atoms with E-state index in [-0.39, 0.29) is 18.6 Å². The van der Waals surface area contributed by atoms with Crippen molar-refractivity contribution in [3.05, 3.63) is 16.0 Å². The number of hydrogen-bond donors (Lipinski definition) is 2. The van der Waals surface area contributed by atoms with Crippen LogP contribution in [0.25, 0.3) is 0 Å². The van der Waals surface area contributed by atoms with Gasteiger partial charge in [0.05, 0.1) is 36.2 Å². The molecule has 0 spiro atoms. The predicted molar refractivity (Wildman–Crippen MR) is 107 cm³/mol. The highest BCUT2D eigenvalue weighted by Crippen LogP contribution is 2.45. The summed E-state index contributed by atoms with van der Waals surface area (Å²) >= 11 is 1.43. The van der Waals surface area contributed by atoms with Crippen LogP contribution in [-0.4, -0.2) is 41.8 Å². The largest absolute Gasteiger partial charge is 0.481 e. The van der Waals surface area contributed by atoms with Crippen molar-refractivity contribution in [2.45, 2.75) is 64.6 Å². The molecule has 2 saturated heterocycles. The van der Waals surface area contributed by atoms with Crippen molar-refractivity contribution in [3.8, 4) is 0 Å². The first-order valence-electron chi connectivity index (χ1n) is 10.4. The maximum Gasteiger partial charge on any atom is 0.341 e. The van der Waals surface area contributed by atoms with Gasteiger partial charge in [-0.15, -0.1) is 11.3 Å². The number of esters is 1. The molecule has 1 amide bonds. The molecule has 8 heteroatoms. The summed E-state index contributed by atoms with van der Waals surface area (Å²) < 4.78 is 11.0. The monoisotopic (exact) mass is 421 g/mol. The maximum absolute atomic E-state index is 13.1. The molecule has 0 saturated carbocycles. The fourth-order valence-electron chi connectivity index (χ4n) is 5.03. The van der Waals surface area contributed by atoms with Crippen molar-refractivity contribution >= 4 is 34.2 Å². The van der Waals surface area contributed by atoms with Crippen LogP contribution in [0, 0.1) is 17.8 Å². The quantitative estimate of drug-likeness (QED) is 0.684. The Labute approximate surface area is 173 Å². The molecule has 1 aromatic heterocycles. The zero-order chi connectivity index (χ0) is 20.7. The van der Waals surface area contributed by atoms with Gasteiger partial charge in [-0.05, 0) is 50.5 Å². The van der Waals surface area contributed by atoms with E-state index >= 15 is 0 Å². The lowest BCUT2D eigenvalue weighted by atomic mass is 9.78. The van der Waals surface area contributed by atoms with Gasteiger partial charge in [0, 0.05) is 4.88 Å². The molecule has 7 nitrogen and oxygen atoms in total. The minimum Gasteiger partial charge on any atom is -0.481 e. The second kappa shape index (κ2) is 8.07. The van der Waals surface area contributed by atoms with Crippen molar-refractivity contribution in [1.29, 1.82) is 0 Å². The van der Waals surface area contributed by atoms with E-state index in [1.54, 1.807) is 6.92 Å². The minimum atomic E-state index is -1.00. The summed E-state index contributed by atoms with van der Waals surface area (Å²) in [6.45, 7) is 4.18. The van der Waals surface area contributed by atoms with Gasteiger partial charge in [-0.1, -0.05) is 13.3 Å². The van der Waals surface area contributed by atoms with E-state index in [1.165, 1.54) is 11.3 Å². The number of hydrogen-bond acceptors (Lipinski definition) is 6. The molecule has 1 aliphatic carbocycles. The highest BCUT2D eigenvalue weighted by Gasteiger charge is 2.55. The molecular weight excluding hydrogens is 394 g/mol. The highest BCUT2D eigenvalue weighted by molar-refractivity contribution is 7.17. The van der Waals surface area contributed by atoms with Crippen LogP contribution in [0.3, 0.4) is 0 Å². The van der Waals surface area contributed by atoms with Crippen molar-refractivity contribution in [2.24, 2.45) is 17.8 Å². The number of carboxylic acids is 1. The average molecular weight is 422 g/mol. The van der Waals surface area contributed by atoms with E-state index in [0.717, 1.165) is 36.1 Å². The molecule has 1 aromatic rings. The summed E-state index contributed by atoms with van der Waals surface area (Å²) in [6.07, 6.45) is 4.38. The summed E-state index contributed by atoms with van der Waals surface area (Å²) in [7, 11) is 0.